The highest BCUT2D eigenvalue weighted by molar-refractivity contribution is 6.99. The third-order valence-corrected chi connectivity index (χ3v) is 17.0. The zero-order valence-electron chi connectivity index (χ0n) is 33.2. The Morgan fingerprint density at radius 3 is 2.08 bits per heavy atom. The molecule has 5 atom stereocenters. The Morgan fingerprint density at radius 2 is 1.54 bits per heavy atom. The molecule has 0 spiro atoms. The third-order valence-electron chi connectivity index (χ3n) is 11.8. The minimum Gasteiger partial charge on any atom is -0.462 e. The van der Waals surface area contributed by atoms with Crippen LogP contribution in [0.3, 0.4) is 0 Å². The number of pyridine rings is 1. The molecule has 1 unspecified atom stereocenters. The van der Waals surface area contributed by atoms with Crippen molar-refractivity contribution in [2.24, 2.45) is 5.41 Å². The second-order valence-electron chi connectivity index (χ2n) is 17.9. The van der Waals surface area contributed by atoms with Crippen LogP contribution in [0.25, 0.3) is 10.9 Å². The van der Waals surface area contributed by atoms with Gasteiger partial charge in [0.05, 0.1) is 23.5 Å². The summed E-state index contributed by atoms with van der Waals surface area (Å²) < 4.78 is 117. The molecule has 18 heteroatoms. The number of anilines is 1. The Hall–Kier alpha value is -4.35. The molecule has 8 rings (SSSR count). The van der Waals surface area contributed by atoms with Crippen LogP contribution < -0.4 is 24.7 Å². The molecule has 4 aliphatic rings. The van der Waals surface area contributed by atoms with Crippen LogP contribution in [0.1, 0.15) is 60.8 Å². The Bertz CT molecular complexity index is 2220. The second-order valence-corrected chi connectivity index (χ2v) is 22.6. The minimum absolute atomic E-state index is 0.167. The number of hydrogen-bond donors (Lipinski definition) is 0. The van der Waals surface area contributed by atoms with Crippen molar-refractivity contribution >= 4 is 53.1 Å². The van der Waals surface area contributed by atoms with Crippen molar-refractivity contribution in [2.45, 2.75) is 108 Å². The van der Waals surface area contributed by atoms with Gasteiger partial charge in [-0.2, -0.15) is 28.1 Å². The number of aromatic nitrogens is 3. The second kappa shape index (κ2) is 14.1. The van der Waals surface area contributed by atoms with E-state index in [-0.39, 0.29) is 24.2 Å². The minimum atomic E-state index is -5.02. The predicted molar refractivity (Wildman–Crippen MR) is 210 cm³/mol. The highest BCUT2D eigenvalue weighted by Crippen LogP contribution is 2.61. The topological polar surface area (TPSA) is 99.1 Å². The molecule has 2 aromatic carbocycles. The van der Waals surface area contributed by atoms with E-state index in [1.165, 1.54) is 9.80 Å². The number of carbonyl (C=O) groups excluding carboxylic acids is 1. The summed E-state index contributed by atoms with van der Waals surface area (Å²) in [5, 5.41) is 0.121. The van der Waals surface area contributed by atoms with E-state index in [1.54, 1.807) is 20.8 Å². The fourth-order valence-electron chi connectivity index (χ4n) is 9.01. The van der Waals surface area contributed by atoms with E-state index in [0.717, 1.165) is 10.4 Å². The molecular formula is C41H44ClF6N5O5Si. The number of alkyl halides is 5. The molecule has 0 N–H and O–H groups in total. The monoisotopic (exact) mass is 863 g/mol. The van der Waals surface area contributed by atoms with Crippen molar-refractivity contribution < 1.29 is 49.8 Å². The van der Waals surface area contributed by atoms with Crippen molar-refractivity contribution in [3.8, 4) is 11.9 Å². The summed E-state index contributed by atoms with van der Waals surface area (Å²) in [5.41, 5.74) is -3.35. The fraction of sp³-hybridized carbons (Fsp3) is 0.512. The van der Waals surface area contributed by atoms with Gasteiger partial charge in [-0.05, 0) is 49.0 Å². The Balaban J connectivity index is 1.17. The molecule has 59 heavy (non-hydrogen) atoms. The van der Waals surface area contributed by atoms with Crippen LogP contribution in [0.4, 0.5) is 37.0 Å². The molecule has 4 aromatic rings. The normalized spacial score (nSPS) is 25.0. The molecule has 1 amide bonds. The van der Waals surface area contributed by atoms with Crippen LogP contribution in [0.15, 0.2) is 60.7 Å². The van der Waals surface area contributed by atoms with E-state index < -0.39 is 115 Å². The van der Waals surface area contributed by atoms with Gasteiger partial charge in [0.15, 0.2) is 11.0 Å². The quantitative estimate of drug-likeness (QED) is 0.0990. The summed E-state index contributed by atoms with van der Waals surface area (Å²) in [5.74, 6) is -5.32. The SMILES string of the molecule is CC(C)(C)OC(=O)N1[C@@H]2CC[C@H]1[C@H]1[C@H](C(F)(F)F)Oc3nc(Cl)c(F)c4nc(OCC5(CO[Si](c6ccccc6)(c6ccccc6)C(C)(C)C)CC5(F)F)nc(c34)N1C2. The lowest BCUT2D eigenvalue weighted by Crippen LogP contribution is -2.68. The van der Waals surface area contributed by atoms with Gasteiger partial charge in [0.25, 0.3) is 14.2 Å². The fourth-order valence-corrected chi connectivity index (χ4v) is 13.8. The smallest absolute Gasteiger partial charge is 0.427 e. The summed E-state index contributed by atoms with van der Waals surface area (Å²) in [6.07, 6.45) is -8.47. The van der Waals surface area contributed by atoms with Gasteiger partial charge in [0.2, 0.25) is 12.0 Å². The Morgan fingerprint density at radius 1 is 0.932 bits per heavy atom. The number of hydrogen-bond acceptors (Lipinski definition) is 9. The maximum atomic E-state index is 15.9. The maximum Gasteiger partial charge on any atom is 0.427 e. The number of carbonyl (C=O) groups is 1. The number of piperazine rings is 1. The first-order valence-electron chi connectivity index (χ1n) is 19.4. The van der Waals surface area contributed by atoms with E-state index >= 15 is 26.3 Å². The Labute approximate surface area is 343 Å². The molecule has 2 aromatic heterocycles. The number of ether oxygens (including phenoxy) is 3. The molecule has 10 nitrogen and oxygen atoms in total. The first-order valence-corrected chi connectivity index (χ1v) is 21.7. The van der Waals surface area contributed by atoms with Crippen LogP contribution in [-0.4, -0.2) is 96.0 Å². The van der Waals surface area contributed by atoms with Crippen LogP contribution in [0.2, 0.25) is 10.2 Å². The molecule has 2 saturated heterocycles. The van der Waals surface area contributed by atoms with Gasteiger partial charge in [-0.15, -0.1) is 0 Å². The third kappa shape index (κ3) is 7.03. The molecule has 316 valence electrons. The molecule has 5 heterocycles. The zero-order valence-corrected chi connectivity index (χ0v) is 35.0. The predicted octanol–water partition coefficient (Wildman–Crippen LogP) is 8.08. The summed E-state index contributed by atoms with van der Waals surface area (Å²) >= 11 is 6.13. The van der Waals surface area contributed by atoms with Crippen LogP contribution in [0, 0.1) is 11.2 Å². The molecule has 2 bridgehead atoms. The zero-order chi connectivity index (χ0) is 42.5. The van der Waals surface area contributed by atoms with Gasteiger partial charge >= 0.3 is 18.3 Å². The summed E-state index contributed by atoms with van der Waals surface area (Å²) in [4.78, 5) is 28.6. The summed E-state index contributed by atoms with van der Waals surface area (Å²) in [7, 11) is -3.28. The van der Waals surface area contributed by atoms with Crippen LogP contribution in [-0.2, 0) is 9.16 Å². The highest BCUT2D eigenvalue weighted by Gasteiger charge is 2.73. The van der Waals surface area contributed by atoms with Gasteiger partial charge in [0.1, 0.15) is 28.9 Å². The largest absolute Gasteiger partial charge is 0.462 e. The lowest BCUT2D eigenvalue weighted by Gasteiger charge is -2.48. The molecule has 1 aliphatic carbocycles. The number of fused-ring (bicyclic) bond motifs is 5. The average molecular weight is 864 g/mol. The average Bonchev–Trinajstić information content (AvgIpc) is 3.61. The lowest BCUT2D eigenvalue weighted by atomic mass is 9.96. The number of rotatable bonds is 8. The van der Waals surface area contributed by atoms with Crippen molar-refractivity contribution in [2.75, 3.05) is 24.7 Å². The Kier molecular flexibility index (Phi) is 9.90. The first kappa shape index (κ1) is 41.4. The van der Waals surface area contributed by atoms with Crippen molar-refractivity contribution in [1.29, 1.82) is 0 Å². The van der Waals surface area contributed by atoms with Gasteiger partial charge in [0, 0.05) is 19.6 Å². The van der Waals surface area contributed by atoms with E-state index in [9.17, 15) is 4.79 Å². The summed E-state index contributed by atoms with van der Waals surface area (Å²) in [6.45, 7) is 9.76. The van der Waals surface area contributed by atoms with Crippen molar-refractivity contribution in [3.05, 3.63) is 71.6 Å². The van der Waals surface area contributed by atoms with E-state index in [4.69, 9.17) is 30.2 Å². The highest BCUT2D eigenvalue weighted by atomic mass is 35.5. The summed E-state index contributed by atoms with van der Waals surface area (Å²) in [6, 6.07) is 15.2. The van der Waals surface area contributed by atoms with E-state index in [0.29, 0.717) is 6.42 Å². The standard InChI is InChI=1S/C41H44ClF6N5O5Si/c1-37(2,3)58-36(54)53-23-17-18-26(53)30-31(41(46,47)48)57-34-27-29(28(43)32(42)50-34)49-35(51-33(27)52(30)19-23)55-21-39(20-40(39,44)45)22-56-59(38(4,5)6,24-13-9-7-10-14-24)25-15-11-8-12-16-25/h7-16,23,26,30-31H,17-22H2,1-6H3/t23-,26+,30+,31-,39?/m1/s1. The van der Waals surface area contributed by atoms with Gasteiger partial charge in [-0.1, -0.05) is 93.0 Å². The number of nitrogens with zero attached hydrogens (tertiary/aromatic N) is 5. The van der Waals surface area contributed by atoms with E-state index in [2.05, 4.69) is 15.0 Å². The van der Waals surface area contributed by atoms with Gasteiger partial charge in [-0.25, -0.2) is 18.0 Å². The first-order chi connectivity index (χ1) is 27.6. The van der Waals surface area contributed by atoms with Crippen molar-refractivity contribution in [3.63, 3.8) is 0 Å². The molecule has 3 aliphatic heterocycles. The number of halogens is 7. The van der Waals surface area contributed by atoms with Gasteiger partial charge in [-0.3, -0.25) is 4.90 Å². The van der Waals surface area contributed by atoms with Crippen LogP contribution in [0.5, 0.6) is 11.9 Å². The van der Waals surface area contributed by atoms with Gasteiger partial charge < -0.3 is 23.5 Å². The number of amides is 1. The van der Waals surface area contributed by atoms with E-state index in [1.807, 2.05) is 81.4 Å². The van der Waals surface area contributed by atoms with Crippen LogP contribution >= 0.6 is 11.6 Å². The molecule has 1 saturated carbocycles. The molecular weight excluding hydrogens is 820 g/mol. The lowest BCUT2D eigenvalue weighted by molar-refractivity contribution is -0.206. The van der Waals surface area contributed by atoms with Crippen molar-refractivity contribution in [1.82, 2.24) is 19.9 Å². The number of benzene rings is 2. The molecule has 3 fully saturated rings. The maximum absolute atomic E-state index is 15.9. The molecule has 0 radical (unpaired) electrons.